The maximum absolute atomic E-state index is 12.6. The van der Waals surface area contributed by atoms with Crippen LogP contribution in [0.25, 0.3) is 0 Å². The minimum absolute atomic E-state index is 0.377. The van der Waals surface area contributed by atoms with E-state index < -0.39 is 36.9 Å². The number of hydrogen-bond acceptors (Lipinski definition) is 5. The van der Waals surface area contributed by atoms with Gasteiger partial charge in [-0.1, -0.05) is 335 Å². The first kappa shape index (κ1) is 65.3. The first-order chi connectivity index (χ1) is 32.5. The molecular formula is C60H121NO5. The van der Waals surface area contributed by atoms with E-state index in [-0.39, 0.29) is 0 Å². The summed E-state index contributed by atoms with van der Waals surface area (Å²) in [5.74, 6) is -0.574. The van der Waals surface area contributed by atoms with Gasteiger partial charge in [-0.25, -0.2) is 0 Å². The molecule has 0 fully saturated rings. The SMILES string of the molecule is CCCCCCCCCCCCCCCCCCCCCCCCCCCCCCCC(O)C(=O)NC(CO)C(O)C(O)CCCCCCCCCCCCCCCCCCCCCCC. The summed E-state index contributed by atoms with van der Waals surface area (Å²) >= 11 is 0. The second kappa shape index (κ2) is 55.2. The third-order valence-electron chi connectivity index (χ3n) is 14.8. The monoisotopic (exact) mass is 936 g/mol. The average Bonchev–Trinajstić information content (AvgIpc) is 3.32. The third-order valence-corrected chi connectivity index (χ3v) is 14.8. The molecule has 0 bridgehead atoms. The van der Waals surface area contributed by atoms with E-state index in [9.17, 15) is 25.2 Å². The Hall–Kier alpha value is -0.690. The lowest BCUT2D eigenvalue weighted by Gasteiger charge is -2.27. The molecular weight excluding hydrogens is 815 g/mol. The summed E-state index contributed by atoms with van der Waals surface area (Å²) in [5.41, 5.74) is 0. The fourth-order valence-electron chi connectivity index (χ4n) is 10.1. The molecule has 0 radical (unpaired) electrons. The highest BCUT2D eigenvalue weighted by Gasteiger charge is 2.28. The van der Waals surface area contributed by atoms with Gasteiger partial charge in [0.1, 0.15) is 12.2 Å². The molecule has 396 valence electrons. The number of unbranched alkanes of at least 4 members (excludes halogenated alkanes) is 48. The van der Waals surface area contributed by atoms with Gasteiger partial charge >= 0.3 is 0 Å². The Morgan fingerprint density at radius 1 is 0.318 bits per heavy atom. The van der Waals surface area contributed by atoms with Crippen LogP contribution in [0.2, 0.25) is 0 Å². The molecule has 0 rings (SSSR count). The Bertz CT molecular complexity index is 917. The van der Waals surface area contributed by atoms with E-state index in [1.165, 1.54) is 283 Å². The number of nitrogens with one attached hydrogen (secondary N) is 1. The van der Waals surface area contributed by atoms with Crippen LogP contribution in [0.1, 0.15) is 348 Å². The van der Waals surface area contributed by atoms with Crippen LogP contribution in [0, 0.1) is 0 Å². The fraction of sp³-hybridized carbons (Fsp3) is 0.983. The fourth-order valence-corrected chi connectivity index (χ4v) is 10.1. The second-order valence-electron chi connectivity index (χ2n) is 21.4. The van der Waals surface area contributed by atoms with E-state index in [1.54, 1.807) is 0 Å². The van der Waals surface area contributed by atoms with Crippen LogP contribution >= 0.6 is 0 Å². The van der Waals surface area contributed by atoms with Crippen LogP contribution < -0.4 is 5.32 Å². The summed E-state index contributed by atoms with van der Waals surface area (Å²) in [6.07, 6.45) is 64.7. The minimum Gasteiger partial charge on any atom is -0.394 e. The summed E-state index contributed by atoms with van der Waals surface area (Å²) in [4.78, 5) is 12.6. The summed E-state index contributed by atoms with van der Waals surface area (Å²) in [7, 11) is 0. The quantitative estimate of drug-likeness (QED) is 0.0390. The number of aliphatic hydroxyl groups excluding tert-OH is 4. The Labute approximate surface area is 413 Å². The molecule has 0 spiro atoms. The Morgan fingerprint density at radius 2 is 0.515 bits per heavy atom. The first-order valence-electron chi connectivity index (χ1n) is 30.4. The Morgan fingerprint density at radius 3 is 0.727 bits per heavy atom. The highest BCUT2D eigenvalue weighted by atomic mass is 16.3. The van der Waals surface area contributed by atoms with E-state index in [1.807, 2.05) is 0 Å². The second-order valence-corrected chi connectivity index (χ2v) is 21.4. The lowest BCUT2D eigenvalue weighted by molar-refractivity contribution is -0.132. The maximum Gasteiger partial charge on any atom is 0.249 e. The van der Waals surface area contributed by atoms with E-state index in [0.29, 0.717) is 12.8 Å². The number of hydrogen-bond donors (Lipinski definition) is 5. The topological polar surface area (TPSA) is 110 Å². The lowest BCUT2D eigenvalue weighted by Crippen LogP contribution is -2.53. The molecule has 6 nitrogen and oxygen atoms in total. The van der Waals surface area contributed by atoms with Gasteiger partial charge in [-0.15, -0.1) is 0 Å². The molecule has 5 N–H and O–H groups in total. The van der Waals surface area contributed by atoms with Crippen molar-refractivity contribution in [2.24, 2.45) is 0 Å². The highest BCUT2D eigenvalue weighted by molar-refractivity contribution is 5.80. The van der Waals surface area contributed by atoms with Crippen LogP contribution in [-0.4, -0.2) is 57.3 Å². The Balaban J connectivity index is 3.54. The van der Waals surface area contributed by atoms with Crippen molar-refractivity contribution in [3.63, 3.8) is 0 Å². The Kier molecular flexibility index (Phi) is 54.7. The summed E-state index contributed by atoms with van der Waals surface area (Å²) in [6, 6.07) is -0.981. The summed E-state index contributed by atoms with van der Waals surface area (Å²) in [6.45, 7) is 4.11. The highest BCUT2D eigenvalue weighted by Crippen LogP contribution is 2.19. The van der Waals surface area contributed by atoms with Gasteiger partial charge < -0.3 is 25.7 Å². The van der Waals surface area contributed by atoms with E-state index in [0.717, 1.165) is 38.5 Å². The number of carbonyl (C=O) groups is 1. The molecule has 0 heterocycles. The first-order valence-corrected chi connectivity index (χ1v) is 30.4. The summed E-state index contributed by atoms with van der Waals surface area (Å²) in [5, 5.41) is 44.1. The van der Waals surface area contributed by atoms with Gasteiger partial charge in [-0.3, -0.25) is 4.79 Å². The van der Waals surface area contributed by atoms with Crippen molar-refractivity contribution < 1.29 is 25.2 Å². The smallest absolute Gasteiger partial charge is 0.249 e. The molecule has 0 aliphatic heterocycles. The number of amides is 1. The van der Waals surface area contributed by atoms with E-state index >= 15 is 0 Å². The molecule has 1 amide bonds. The lowest BCUT2D eigenvalue weighted by atomic mass is 9.99. The van der Waals surface area contributed by atoms with Crippen molar-refractivity contribution in [2.75, 3.05) is 6.61 Å². The molecule has 0 saturated carbocycles. The average molecular weight is 937 g/mol. The molecule has 0 aromatic carbocycles. The van der Waals surface area contributed by atoms with Crippen molar-refractivity contribution in [3.8, 4) is 0 Å². The zero-order valence-corrected chi connectivity index (χ0v) is 45.0. The molecule has 4 atom stereocenters. The van der Waals surface area contributed by atoms with Crippen molar-refractivity contribution in [1.82, 2.24) is 5.32 Å². The minimum atomic E-state index is -1.25. The number of aliphatic hydroxyl groups is 4. The molecule has 0 aliphatic carbocycles. The molecule has 0 aromatic heterocycles. The van der Waals surface area contributed by atoms with Gasteiger partial charge in [-0.2, -0.15) is 0 Å². The van der Waals surface area contributed by atoms with Crippen LogP contribution in [0.15, 0.2) is 0 Å². The molecule has 0 saturated heterocycles. The van der Waals surface area contributed by atoms with Crippen molar-refractivity contribution in [3.05, 3.63) is 0 Å². The number of rotatable bonds is 57. The zero-order chi connectivity index (χ0) is 48.1. The van der Waals surface area contributed by atoms with Crippen molar-refractivity contribution >= 4 is 5.91 Å². The molecule has 4 unspecified atom stereocenters. The van der Waals surface area contributed by atoms with Gasteiger partial charge in [0.05, 0.1) is 18.8 Å². The predicted molar refractivity (Wildman–Crippen MR) is 288 cm³/mol. The van der Waals surface area contributed by atoms with Gasteiger partial charge in [0.25, 0.3) is 0 Å². The molecule has 66 heavy (non-hydrogen) atoms. The van der Waals surface area contributed by atoms with Gasteiger partial charge in [0, 0.05) is 0 Å². The van der Waals surface area contributed by atoms with Gasteiger partial charge in [0.15, 0.2) is 0 Å². The van der Waals surface area contributed by atoms with E-state index in [2.05, 4.69) is 19.2 Å². The van der Waals surface area contributed by atoms with Crippen LogP contribution in [0.3, 0.4) is 0 Å². The standard InChI is InChI=1S/C60H121NO5/c1-3-5-7-9-11-13-15-17-19-21-23-25-26-27-28-29-30-31-32-34-36-38-40-42-44-46-48-50-52-54-58(64)60(66)61-56(55-62)59(65)57(63)53-51-49-47-45-43-41-39-37-35-33-24-22-20-18-16-14-12-10-8-6-4-2/h56-59,62-65H,3-55H2,1-2H3,(H,61,66). The zero-order valence-electron chi connectivity index (χ0n) is 45.0. The van der Waals surface area contributed by atoms with E-state index in [4.69, 9.17) is 0 Å². The van der Waals surface area contributed by atoms with Crippen LogP contribution in [-0.2, 0) is 4.79 Å². The number of carbonyl (C=O) groups excluding carboxylic acids is 1. The van der Waals surface area contributed by atoms with Crippen LogP contribution in [0.4, 0.5) is 0 Å². The third kappa shape index (κ3) is 48.3. The van der Waals surface area contributed by atoms with Gasteiger partial charge in [-0.05, 0) is 12.8 Å². The largest absolute Gasteiger partial charge is 0.394 e. The summed E-state index contributed by atoms with van der Waals surface area (Å²) < 4.78 is 0. The predicted octanol–water partition coefficient (Wildman–Crippen LogP) is 17.9. The van der Waals surface area contributed by atoms with Gasteiger partial charge in [0.2, 0.25) is 5.91 Å². The van der Waals surface area contributed by atoms with Crippen molar-refractivity contribution in [2.45, 2.75) is 372 Å². The molecule has 6 heteroatoms. The normalized spacial score (nSPS) is 13.6. The molecule has 0 aliphatic rings. The maximum atomic E-state index is 12.6. The van der Waals surface area contributed by atoms with Crippen LogP contribution in [0.5, 0.6) is 0 Å². The van der Waals surface area contributed by atoms with Crippen molar-refractivity contribution in [1.29, 1.82) is 0 Å². The molecule has 0 aromatic rings.